The zero-order valence-corrected chi connectivity index (χ0v) is 11.4. The summed E-state index contributed by atoms with van der Waals surface area (Å²) in [5.41, 5.74) is 1.43. The van der Waals surface area contributed by atoms with Gasteiger partial charge in [-0.15, -0.1) is 0 Å². The Morgan fingerprint density at radius 1 is 1.32 bits per heavy atom. The molecule has 0 bridgehead atoms. The number of unbranched alkanes of at least 4 members (excludes halogenated alkanes) is 3. The fourth-order valence-corrected chi connectivity index (χ4v) is 1.96. The Hall–Kier alpha value is -1.84. The zero-order valence-electron chi connectivity index (χ0n) is 11.4. The number of nitrogens with zero attached hydrogens (tertiary/aromatic N) is 1. The van der Waals surface area contributed by atoms with E-state index < -0.39 is 0 Å². The van der Waals surface area contributed by atoms with Gasteiger partial charge in [0.25, 0.3) is 0 Å². The van der Waals surface area contributed by atoms with E-state index in [4.69, 9.17) is 9.15 Å². The summed E-state index contributed by atoms with van der Waals surface area (Å²) >= 11 is 0. The normalized spacial score (nSPS) is 10.8. The average molecular weight is 261 g/mol. The van der Waals surface area contributed by atoms with E-state index in [1.165, 1.54) is 0 Å². The van der Waals surface area contributed by atoms with Crippen LogP contribution in [0.15, 0.2) is 22.6 Å². The van der Waals surface area contributed by atoms with E-state index in [1.807, 2.05) is 0 Å². The largest absolute Gasteiger partial charge is 0.441 e. The van der Waals surface area contributed by atoms with Crippen molar-refractivity contribution >= 4 is 17.1 Å². The van der Waals surface area contributed by atoms with Crippen molar-refractivity contribution in [3.8, 4) is 5.75 Å². The third kappa shape index (κ3) is 3.81. The lowest BCUT2D eigenvalue weighted by molar-refractivity contribution is -0.134. The van der Waals surface area contributed by atoms with Gasteiger partial charge in [-0.2, -0.15) is 0 Å². The van der Waals surface area contributed by atoms with Crippen LogP contribution in [0.3, 0.4) is 0 Å². The van der Waals surface area contributed by atoms with Gasteiger partial charge in [-0.25, -0.2) is 4.98 Å². The SMILES string of the molecule is CCCCCCC(=O)Oc1ccc2oc(C)nc2c1. The highest BCUT2D eigenvalue weighted by Gasteiger charge is 2.08. The van der Waals surface area contributed by atoms with Crippen LogP contribution < -0.4 is 4.74 Å². The highest BCUT2D eigenvalue weighted by Crippen LogP contribution is 2.21. The third-order valence-electron chi connectivity index (χ3n) is 2.93. The standard InChI is InChI=1S/C15H19NO3/c1-3-4-5-6-7-15(17)19-12-8-9-14-13(10-12)16-11(2)18-14/h8-10H,3-7H2,1-2H3. The number of rotatable bonds is 6. The first kappa shape index (κ1) is 13.6. The molecule has 0 aliphatic carbocycles. The van der Waals surface area contributed by atoms with Crippen molar-refractivity contribution in [3.05, 3.63) is 24.1 Å². The maximum atomic E-state index is 11.7. The molecule has 0 fully saturated rings. The summed E-state index contributed by atoms with van der Waals surface area (Å²) in [6, 6.07) is 5.24. The van der Waals surface area contributed by atoms with Crippen LogP contribution in [-0.2, 0) is 4.79 Å². The Morgan fingerprint density at radius 3 is 2.95 bits per heavy atom. The number of esters is 1. The van der Waals surface area contributed by atoms with E-state index in [9.17, 15) is 4.79 Å². The minimum atomic E-state index is -0.185. The number of benzene rings is 1. The van der Waals surface area contributed by atoms with E-state index >= 15 is 0 Å². The molecule has 1 heterocycles. The minimum absolute atomic E-state index is 0.185. The molecule has 0 unspecified atom stereocenters. The molecule has 0 aliphatic rings. The van der Waals surface area contributed by atoms with Crippen molar-refractivity contribution in [2.45, 2.75) is 46.0 Å². The predicted octanol–water partition coefficient (Wildman–Crippen LogP) is 4.01. The number of carbonyl (C=O) groups is 1. The number of aromatic nitrogens is 1. The molecule has 2 rings (SSSR count). The van der Waals surface area contributed by atoms with Crippen molar-refractivity contribution in [1.82, 2.24) is 4.98 Å². The molecule has 0 N–H and O–H groups in total. The summed E-state index contributed by atoms with van der Waals surface area (Å²) in [5, 5.41) is 0. The maximum absolute atomic E-state index is 11.7. The molecule has 0 radical (unpaired) electrons. The Kier molecular flexibility index (Phi) is 4.55. The van der Waals surface area contributed by atoms with Crippen molar-refractivity contribution in [2.24, 2.45) is 0 Å². The molecule has 0 amide bonds. The molecule has 0 atom stereocenters. The quantitative estimate of drug-likeness (QED) is 0.448. The molecule has 4 nitrogen and oxygen atoms in total. The number of aryl methyl sites for hydroxylation is 1. The second-order valence-corrected chi connectivity index (χ2v) is 4.65. The molecule has 19 heavy (non-hydrogen) atoms. The van der Waals surface area contributed by atoms with Gasteiger partial charge in [0, 0.05) is 19.4 Å². The highest BCUT2D eigenvalue weighted by atomic mass is 16.5. The molecular weight excluding hydrogens is 242 g/mol. The van der Waals surface area contributed by atoms with Crippen LogP contribution >= 0.6 is 0 Å². The molecule has 2 aromatic rings. The molecular formula is C15H19NO3. The number of carbonyl (C=O) groups excluding carboxylic acids is 1. The fourth-order valence-electron chi connectivity index (χ4n) is 1.96. The summed E-state index contributed by atoms with van der Waals surface area (Å²) in [4.78, 5) is 15.9. The van der Waals surface area contributed by atoms with Gasteiger partial charge < -0.3 is 9.15 Å². The van der Waals surface area contributed by atoms with Crippen LogP contribution in [0.5, 0.6) is 5.75 Å². The predicted molar refractivity (Wildman–Crippen MR) is 73.1 cm³/mol. The van der Waals surface area contributed by atoms with E-state index in [0.29, 0.717) is 29.2 Å². The third-order valence-corrected chi connectivity index (χ3v) is 2.93. The molecule has 0 saturated heterocycles. The van der Waals surface area contributed by atoms with Gasteiger partial charge in [-0.05, 0) is 18.6 Å². The monoisotopic (exact) mass is 261 g/mol. The van der Waals surface area contributed by atoms with Gasteiger partial charge in [-0.1, -0.05) is 26.2 Å². The average Bonchev–Trinajstić information content (AvgIpc) is 2.74. The zero-order chi connectivity index (χ0) is 13.7. The molecule has 0 aliphatic heterocycles. The molecule has 0 spiro atoms. The van der Waals surface area contributed by atoms with Crippen molar-refractivity contribution < 1.29 is 13.9 Å². The Labute approximate surface area is 112 Å². The Balaban J connectivity index is 1.91. The van der Waals surface area contributed by atoms with Gasteiger partial charge in [0.15, 0.2) is 11.5 Å². The first-order chi connectivity index (χ1) is 9.19. The van der Waals surface area contributed by atoms with Crippen LogP contribution in [0.1, 0.15) is 44.9 Å². The smallest absolute Gasteiger partial charge is 0.311 e. The van der Waals surface area contributed by atoms with Crippen LogP contribution in [0, 0.1) is 6.92 Å². The molecule has 102 valence electrons. The first-order valence-electron chi connectivity index (χ1n) is 6.77. The molecule has 1 aromatic heterocycles. The van der Waals surface area contributed by atoms with Gasteiger partial charge in [0.05, 0.1) is 0 Å². The summed E-state index contributed by atoms with van der Waals surface area (Å²) in [6.45, 7) is 3.94. The van der Waals surface area contributed by atoms with E-state index in [1.54, 1.807) is 25.1 Å². The summed E-state index contributed by atoms with van der Waals surface area (Å²) in [5.74, 6) is 0.954. The molecule has 1 aromatic carbocycles. The summed E-state index contributed by atoms with van der Waals surface area (Å²) in [7, 11) is 0. The van der Waals surface area contributed by atoms with E-state index in [2.05, 4.69) is 11.9 Å². The van der Waals surface area contributed by atoms with Gasteiger partial charge in [0.1, 0.15) is 11.3 Å². The lowest BCUT2D eigenvalue weighted by atomic mass is 10.1. The lowest BCUT2D eigenvalue weighted by Crippen LogP contribution is -2.07. The topological polar surface area (TPSA) is 52.3 Å². The Bertz CT molecular complexity index is 560. The number of fused-ring (bicyclic) bond motifs is 1. The number of oxazole rings is 1. The van der Waals surface area contributed by atoms with Crippen LogP contribution in [0.4, 0.5) is 0 Å². The van der Waals surface area contributed by atoms with Crippen molar-refractivity contribution in [2.75, 3.05) is 0 Å². The highest BCUT2D eigenvalue weighted by molar-refractivity contribution is 5.77. The second kappa shape index (κ2) is 6.36. The van der Waals surface area contributed by atoms with Gasteiger partial charge in [0.2, 0.25) is 0 Å². The Morgan fingerprint density at radius 2 is 2.16 bits per heavy atom. The molecule has 0 saturated carbocycles. The van der Waals surface area contributed by atoms with Crippen LogP contribution in [0.2, 0.25) is 0 Å². The van der Waals surface area contributed by atoms with Gasteiger partial charge >= 0.3 is 5.97 Å². The minimum Gasteiger partial charge on any atom is -0.441 e. The van der Waals surface area contributed by atoms with Gasteiger partial charge in [-0.3, -0.25) is 4.79 Å². The lowest BCUT2D eigenvalue weighted by Gasteiger charge is -2.03. The number of hydrogen-bond acceptors (Lipinski definition) is 4. The second-order valence-electron chi connectivity index (χ2n) is 4.65. The van der Waals surface area contributed by atoms with E-state index in [0.717, 1.165) is 25.7 Å². The van der Waals surface area contributed by atoms with E-state index in [-0.39, 0.29) is 5.97 Å². The number of ether oxygens (including phenoxy) is 1. The maximum Gasteiger partial charge on any atom is 0.311 e. The molecule has 4 heteroatoms. The summed E-state index contributed by atoms with van der Waals surface area (Å²) in [6.07, 6.45) is 4.76. The fraction of sp³-hybridized carbons (Fsp3) is 0.467. The van der Waals surface area contributed by atoms with Crippen LogP contribution in [-0.4, -0.2) is 11.0 Å². The van der Waals surface area contributed by atoms with Crippen molar-refractivity contribution in [1.29, 1.82) is 0 Å². The van der Waals surface area contributed by atoms with Crippen molar-refractivity contribution in [3.63, 3.8) is 0 Å². The first-order valence-corrected chi connectivity index (χ1v) is 6.77. The van der Waals surface area contributed by atoms with Crippen LogP contribution in [0.25, 0.3) is 11.1 Å². The summed E-state index contributed by atoms with van der Waals surface area (Å²) < 4.78 is 10.7. The number of hydrogen-bond donors (Lipinski definition) is 0.